The number of hydrogen-bond acceptors (Lipinski definition) is 5. The van der Waals surface area contributed by atoms with Gasteiger partial charge < -0.3 is 19.7 Å². The summed E-state index contributed by atoms with van der Waals surface area (Å²) in [6, 6.07) is 7.06. The number of aldehydes is 1. The fraction of sp³-hybridized carbons (Fsp3) is 0.438. The Hall–Kier alpha value is -2.02. The topological polar surface area (TPSA) is 75.7 Å². The second-order valence-electron chi connectivity index (χ2n) is 5.19. The Morgan fingerprint density at radius 1 is 1.35 bits per heavy atom. The van der Waals surface area contributed by atoms with Crippen LogP contribution < -0.4 is 10.1 Å². The van der Waals surface area contributed by atoms with Crippen LogP contribution in [0.4, 0.5) is 0 Å². The molecule has 1 fully saturated rings. The molecule has 0 unspecified atom stereocenters. The van der Waals surface area contributed by atoms with Gasteiger partial charge in [-0.1, -0.05) is 12.1 Å². The number of nitrogens with zero attached hydrogens (tertiary/aromatic N) is 1. The standard InChI is InChI=1S/C16H20N2O4S/c1-22-14-4-2-12(3-5-14)8-17-15(20)6-7-16(21)18-11-23-10-13(18)9-19/h2-5,9,13H,6-8,10-11H2,1H3,(H,17,20)/t13-/m1/s1. The minimum Gasteiger partial charge on any atom is -0.497 e. The van der Waals surface area contributed by atoms with Gasteiger partial charge in [0.15, 0.2) is 0 Å². The zero-order valence-electron chi connectivity index (χ0n) is 13.0. The van der Waals surface area contributed by atoms with Crippen molar-refractivity contribution in [2.75, 3.05) is 18.7 Å². The molecule has 0 saturated carbocycles. The lowest BCUT2D eigenvalue weighted by atomic mass is 10.2. The second-order valence-corrected chi connectivity index (χ2v) is 6.19. The number of benzene rings is 1. The molecule has 0 aliphatic carbocycles. The zero-order valence-corrected chi connectivity index (χ0v) is 13.8. The van der Waals surface area contributed by atoms with Gasteiger partial charge in [-0.2, -0.15) is 0 Å². The molecule has 0 aromatic heterocycles. The van der Waals surface area contributed by atoms with Crippen molar-refractivity contribution >= 4 is 29.9 Å². The monoisotopic (exact) mass is 336 g/mol. The summed E-state index contributed by atoms with van der Waals surface area (Å²) < 4.78 is 5.07. The van der Waals surface area contributed by atoms with Gasteiger partial charge in [0.05, 0.1) is 19.0 Å². The SMILES string of the molecule is COc1ccc(CNC(=O)CCC(=O)N2CSC[C@H]2C=O)cc1. The van der Waals surface area contributed by atoms with E-state index in [1.807, 2.05) is 24.3 Å². The summed E-state index contributed by atoms with van der Waals surface area (Å²) in [5.41, 5.74) is 0.961. The van der Waals surface area contributed by atoms with E-state index in [9.17, 15) is 14.4 Å². The minimum atomic E-state index is -0.352. The Bertz CT molecular complexity index is 562. The van der Waals surface area contributed by atoms with Gasteiger partial charge in [0, 0.05) is 25.1 Å². The van der Waals surface area contributed by atoms with E-state index in [0.717, 1.165) is 17.6 Å². The molecular formula is C16H20N2O4S. The molecule has 1 atom stereocenters. The number of carbonyl (C=O) groups excluding carboxylic acids is 3. The lowest BCUT2D eigenvalue weighted by Crippen LogP contribution is -2.38. The zero-order chi connectivity index (χ0) is 16.7. The highest BCUT2D eigenvalue weighted by Crippen LogP contribution is 2.20. The summed E-state index contributed by atoms with van der Waals surface area (Å²) >= 11 is 1.55. The quantitative estimate of drug-likeness (QED) is 0.757. The van der Waals surface area contributed by atoms with Crippen molar-refractivity contribution in [1.82, 2.24) is 10.2 Å². The maximum absolute atomic E-state index is 12.0. The smallest absolute Gasteiger partial charge is 0.224 e. The van der Waals surface area contributed by atoms with E-state index in [1.54, 1.807) is 18.9 Å². The first-order valence-corrected chi connectivity index (χ1v) is 8.51. The Morgan fingerprint density at radius 2 is 2.09 bits per heavy atom. The highest BCUT2D eigenvalue weighted by molar-refractivity contribution is 7.99. The van der Waals surface area contributed by atoms with Crippen molar-refractivity contribution in [2.45, 2.75) is 25.4 Å². The Labute approximate surface area is 139 Å². The van der Waals surface area contributed by atoms with Crippen molar-refractivity contribution in [2.24, 2.45) is 0 Å². The van der Waals surface area contributed by atoms with E-state index in [1.165, 1.54) is 4.90 Å². The van der Waals surface area contributed by atoms with Crippen LogP contribution in [-0.2, 0) is 20.9 Å². The lowest BCUT2D eigenvalue weighted by Gasteiger charge is -2.19. The van der Waals surface area contributed by atoms with Gasteiger partial charge >= 0.3 is 0 Å². The molecule has 7 heteroatoms. The average Bonchev–Trinajstić information content (AvgIpc) is 3.07. The van der Waals surface area contributed by atoms with E-state index in [2.05, 4.69) is 5.32 Å². The fourth-order valence-electron chi connectivity index (χ4n) is 2.22. The molecule has 1 aliphatic heterocycles. The molecule has 1 aromatic rings. The summed E-state index contributed by atoms with van der Waals surface area (Å²) in [6.45, 7) is 0.410. The van der Waals surface area contributed by atoms with Crippen LogP contribution >= 0.6 is 11.8 Å². The van der Waals surface area contributed by atoms with Crippen LogP contribution in [0.1, 0.15) is 18.4 Å². The molecule has 2 amide bonds. The molecule has 0 radical (unpaired) electrons. The lowest BCUT2D eigenvalue weighted by molar-refractivity contribution is -0.135. The molecule has 23 heavy (non-hydrogen) atoms. The van der Waals surface area contributed by atoms with Crippen LogP contribution in [0.3, 0.4) is 0 Å². The van der Waals surface area contributed by atoms with E-state index in [-0.39, 0.29) is 30.7 Å². The van der Waals surface area contributed by atoms with E-state index in [4.69, 9.17) is 4.74 Å². The molecular weight excluding hydrogens is 316 g/mol. The molecule has 2 rings (SSSR count). The second kappa shape index (κ2) is 8.57. The molecule has 0 bridgehead atoms. The molecule has 124 valence electrons. The normalized spacial score (nSPS) is 16.9. The van der Waals surface area contributed by atoms with Crippen molar-refractivity contribution in [1.29, 1.82) is 0 Å². The highest BCUT2D eigenvalue weighted by atomic mass is 32.2. The summed E-state index contributed by atoms with van der Waals surface area (Å²) in [5.74, 6) is 1.60. The Morgan fingerprint density at radius 3 is 2.74 bits per heavy atom. The van der Waals surface area contributed by atoms with Gasteiger partial charge in [-0.05, 0) is 17.7 Å². The number of carbonyl (C=O) groups is 3. The van der Waals surface area contributed by atoms with Crippen molar-refractivity contribution in [3.8, 4) is 5.75 Å². The van der Waals surface area contributed by atoms with Crippen LogP contribution in [0.2, 0.25) is 0 Å². The number of methoxy groups -OCH3 is 1. The third kappa shape index (κ3) is 4.99. The first kappa shape index (κ1) is 17.3. The Kier molecular flexibility index (Phi) is 6.46. The predicted molar refractivity (Wildman–Crippen MR) is 88.1 cm³/mol. The third-order valence-electron chi connectivity index (χ3n) is 3.61. The number of thioether (sulfide) groups is 1. The maximum Gasteiger partial charge on any atom is 0.224 e. The third-order valence-corrected chi connectivity index (χ3v) is 4.65. The van der Waals surface area contributed by atoms with Crippen LogP contribution in [0.5, 0.6) is 5.75 Å². The van der Waals surface area contributed by atoms with Gasteiger partial charge in [0.2, 0.25) is 11.8 Å². The number of amides is 2. The van der Waals surface area contributed by atoms with Gasteiger partial charge in [0.25, 0.3) is 0 Å². The first-order chi connectivity index (χ1) is 11.1. The first-order valence-electron chi connectivity index (χ1n) is 7.36. The number of ether oxygens (including phenoxy) is 1. The number of hydrogen-bond donors (Lipinski definition) is 1. The van der Waals surface area contributed by atoms with Gasteiger partial charge in [-0.3, -0.25) is 9.59 Å². The molecule has 0 spiro atoms. The molecule has 1 saturated heterocycles. The molecule has 1 aliphatic rings. The minimum absolute atomic E-state index is 0.124. The van der Waals surface area contributed by atoms with Crippen LogP contribution in [0.15, 0.2) is 24.3 Å². The molecule has 1 aromatic carbocycles. The van der Waals surface area contributed by atoms with Gasteiger partial charge in [-0.15, -0.1) is 11.8 Å². The van der Waals surface area contributed by atoms with Gasteiger partial charge in [0.1, 0.15) is 12.0 Å². The van der Waals surface area contributed by atoms with Crippen LogP contribution in [-0.4, -0.2) is 47.8 Å². The molecule has 1 N–H and O–H groups in total. The summed E-state index contributed by atoms with van der Waals surface area (Å²) in [7, 11) is 1.60. The van der Waals surface area contributed by atoms with Crippen molar-refractivity contribution in [3.63, 3.8) is 0 Å². The summed E-state index contributed by atoms with van der Waals surface area (Å²) in [6.07, 6.45) is 1.04. The van der Waals surface area contributed by atoms with E-state index in [0.29, 0.717) is 18.2 Å². The van der Waals surface area contributed by atoms with E-state index < -0.39 is 0 Å². The molecule has 6 nitrogen and oxygen atoms in total. The molecule has 1 heterocycles. The van der Waals surface area contributed by atoms with Crippen LogP contribution in [0.25, 0.3) is 0 Å². The predicted octanol–water partition coefficient (Wildman–Crippen LogP) is 1.19. The summed E-state index contributed by atoms with van der Waals surface area (Å²) in [4.78, 5) is 36.3. The maximum atomic E-state index is 12.0. The van der Waals surface area contributed by atoms with Gasteiger partial charge in [-0.25, -0.2) is 0 Å². The van der Waals surface area contributed by atoms with Crippen LogP contribution in [0, 0.1) is 0 Å². The Balaban J connectivity index is 1.72. The van der Waals surface area contributed by atoms with Crippen molar-refractivity contribution in [3.05, 3.63) is 29.8 Å². The average molecular weight is 336 g/mol. The number of rotatable bonds is 7. The van der Waals surface area contributed by atoms with E-state index >= 15 is 0 Å². The largest absolute Gasteiger partial charge is 0.497 e. The highest BCUT2D eigenvalue weighted by Gasteiger charge is 2.28. The van der Waals surface area contributed by atoms with Crippen molar-refractivity contribution < 1.29 is 19.1 Å². The number of nitrogens with one attached hydrogen (secondary N) is 1. The fourth-order valence-corrected chi connectivity index (χ4v) is 3.36. The summed E-state index contributed by atoms with van der Waals surface area (Å²) in [5, 5.41) is 2.78.